The molecule has 0 radical (unpaired) electrons. The van der Waals surface area contributed by atoms with E-state index in [1.165, 1.54) is 0 Å². The van der Waals surface area contributed by atoms with Crippen molar-refractivity contribution in [3.8, 4) is 0 Å². The third kappa shape index (κ3) is 1.40. The topological polar surface area (TPSA) is 55.1 Å². The van der Waals surface area contributed by atoms with Crippen molar-refractivity contribution in [1.29, 1.82) is 0 Å². The molecule has 1 atom stereocenters. The first-order valence-corrected chi connectivity index (χ1v) is 4.10. The first kappa shape index (κ1) is 7.86. The van der Waals surface area contributed by atoms with Crippen molar-refractivity contribution in [3.63, 3.8) is 0 Å². The molecule has 1 unspecified atom stereocenters. The fraction of sp³-hybridized carbons (Fsp3) is 0.100. The first-order valence-electron chi connectivity index (χ1n) is 4.10. The molecule has 0 aromatic heterocycles. The molecule has 1 aliphatic carbocycles. The van der Waals surface area contributed by atoms with Crippen LogP contribution in [0.25, 0.3) is 0 Å². The van der Waals surface area contributed by atoms with E-state index in [0.717, 1.165) is 5.57 Å². The van der Waals surface area contributed by atoms with Crippen LogP contribution in [-0.2, 0) is 4.79 Å². The molecule has 0 aromatic carbocycles. The monoisotopic (exact) mass is 174 g/mol. The van der Waals surface area contributed by atoms with Gasteiger partial charge in [-0.25, -0.2) is 0 Å². The van der Waals surface area contributed by atoms with Gasteiger partial charge in [0.2, 0.25) is 5.91 Å². The highest BCUT2D eigenvalue weighted by Crippen LogP contribution is 2.18. The van der Waals surface area contributed by atoms with Gasteiger partial charge >= 0.3 is 0 Å². The fourth-order valence-electron chi connectivity index (χ4n) is 1.40. The zero-order valence-electron chi connectivity index (χ0n) is 7.03. The molecule has 0 saturated heterocycles. The summed E-state index contributed by atoms with van der Waals surface area (Å²) in [7, 11) is 0. The Labute approximate surface area is 76.3 Å². The molecule has 1 heterocycles. The van der Waals surface area contributed by atoms with Gasteiger partial charge in [0.05, 0.1) is 6.04 Å². The van der Waals surface area contributed by atoms with Crippen molar-refractivity contribution in [2.75, 3.05) is 0 Å². The number of primary amides is 1. The molecule has 1 aliphatic heterocycles. The van der Waals surface area contributed by atoms with Crippen molar-refractivity contribution in [2.45, 2.75) is 6.04 Å². The van der Waals surface area contributed by atoms with E-state index < -0.39 is 0 Å². The van der Waals surface area contributed by atoms with Gasteiger partial charge in [0.1, 0.15) is 0 Å². The van der Waals surface area contributed by atoms with Crippen LogP contribution in [0.5, 0.6) is 0 Å². The largest absolute Gasteiger partial charge is 0.381 e. The summed E-state index contributed by atoms with van der Waals surface area (Å²) in [5, 5.41) is 3.15. The van der Waals surface area contributed by atoms with E-state index in [1.807, 2.05) is 30.5 Å². The van der Waals surface area contributed by atoms with Gasteiger partial charge in [-0.15, -0.1) is 0 Å². The fourth-order valence-corrected chi connectivity index (χ4v) is 1.40. The second-order valence-corrected chi connectivity index (χ2v) is 2.99. The third-order valence-electron chi connectivity index (χ3n) is 2.09. The Bertz CT molecular complexity index is 361. The number of hydrogen-bond donors (Lipinski definition) is 2. The van der Waals surface area contributed by atoms with E-state index >= 15 is 0 Å². The minimum absolute atomic E-state index is 0.188. The zero-order chi connectivity index (χ0) is 9.26. The molecule has 0 fully saturated rings. The summed E-state index contributed by atoms with van der Waals surface area (Å²) in [6.45, 7) is 0. The maximum absolute atomic E-state index is 10.9. The molecule has 1 amide bonds. The molecule has 3 heteroatoms. The molecule has 3 N–H and O–H groups in total. The van der Waals surface area contributed by atoms with Crippen molar-refractivity contribution in [3.05, 3.63) is 47.7 Å². The number of dihydropyridines is 1. The van der Waals surface area contributed by atoms with Gasteiger partial charge in [0.15, 0.2) is 0 Å². The Morgan fingerprint density at radius 3 is 3.15 bits per heavy atom. The predicted molar refractivity (Wildman–Crippen MR) is 50.6 cm³/mol. The quantitative estimate of drug-likeness (QED) is 0.603. The van der Waals surface area contributed by atoms with Gasteiger partial charge in [-0.05, 0) is 23.9 Å². The van der Waals surface area contributed by atoms with Crippen LogP contribution >= 0.6 is 0 Å². The van der Waals surface area contributed by atoms with Gasteiger partial charge < -0.3 is 11.1 Å². The zero-order valence-corrected chi connectivity index (χ0v) is 7.03. The maximum atomic E-state index is 10.9. The smallest absolute Gasteiger partial charge is 0.248 e. The number of nitrogens with two attached hydrogens (primary N) is 1. The Balaban J connectivity index is 2.34. The predicted octanol–water partition coefficient (Wildman–Crippen LogP) is 0.380. The molecule has 0 spiro atoms. The Hall–Kier alpha value is -1.77. The van der Waals surface area contributed by atoms with E-state index in [4.69, 9.17) is 5.73 Å². The summed E-state index contributed by atoms with van der Waals surface area (Å²) in [5.41, 5.74) is 6.79. The standard InChI is InChI=1S/C10H10N2O/c11-10(13)8-3-4-9-7(6-8)2-1-5-12-9/h1-6,9,12H,(H2,11,13). The van der Waals surface area contributed by atoms with Crippen LogP contribution in [0.4, 0.5) is 0 Å². The van der Waals surface area contributed by atoms with E-state index in [2.05, 4.69) is 5.32 Å². The van der Waals surface area contributed by atoms with Gasteiger partial charge in [-0.3, -0.25) is 4.79 Å². The summed E-state index contributed by atoms with van der Waals surface area (Å²) >= 11 is 0. The van der Waals surface area contributed by atoms with E-state index in [0.29, 0.717) is 5.57 Å². The van der Waals surface area contributed by atoms with Crippen LogP contribution in [0.1, 0.15) is 0 Å². The first-order chi connectivity index (χ1) is 6.27. The highest BCUT2D eigenvalue weighted by molar-refractivity contribution is 5.96. The summed E-state index contributed by atoms with van der Waals surface area (Å²) < 4.78 is 0. The lowest BCUT2D eigenvalue weighted by molar-refractivity contribution is -0.114. The average molecular weight is 174 g/mol. The molecule has 2 rings (SSSR count). The number of fused-ring (bicyclic) bond motifs is 1. The maximum Gasteiger partial charge on any atom is 0.248 e. The summed E-state index contributed by atoms with van der Waals surface area (Å²) in [5.74, 6) is -0.384. The van der Waals surface area contributed by atoms with Crippen molar-refractivity contribution >= 4 is 5.91 Å². The molecule has 0 aromatic rings. The lowest BCUT2D eigenvalue weighted by Crippen LogP contribution is -2.28. The molecule has 13 heavy (non-hydrogen) atoms. The average Bonchev–Trinajstić information content (AvgIpc) is 2.17. The van der Waals surface area contributed by atoms with Crippen LogP contribution < -0.4 is 11.1 Å². The highest BCUT2D eigenvalue weighted by Gasteiger charge is 2.15. The Kier molecular flexibility index (Phi) is 1.77. The minimum atomic E-state index is -0.384. The molecule has 0 bridgehead atoms. The molecular formula is C10H10N2O. The number of amides is 1. The van der Waals surface area contributed by atoms with Crippen molar-refractivity contribution in [2.24, 2.45) is 5.73 Å². The summed E-state index contributed by atoms with van der Waals surface area (Å²) in [6.07, 6.45) is 11.2. The lowest BCUT2D eigenvalue weighted by atomic mass is 9.95. The molecule has 66 valence electrons. The highest BCUT2D eigenvalue weighted by atomic mass is 16.1. The van der Waals surface area contributed by atoms with Gasteiger partial charge in [-0.1, -0.05) is 18.2 Å². The van der Waals surface area contributed by atoms with Crippen LogP contribution in [0.2, 0.25) is 0 Å². The van der Waals surface area contributed by atoms with E-state index in [9.17, 15) is 4.79 Å². The van der Waals surface area contributed by atoms with E-state index in [1.54, 1.807) is 6.08 Å². The van der Waals surface area contributed by atoms with Gasteiger partial charge in [-0.2, -0.15) is 0 Å². The number of hydrogen-bond acceptors (Lipinski definition) is 2. The summed E-state index contributed by atoms with van der Waals surface area (Å²) in [4.78, 5) is 10.9. The SMILES string of the molecule is NC(=O)C1=CC2=CC=CNC2C=C1. The number of carbonyl (C=O) groups excluding carboxylic acids is 1. The van der Waals surface area contributed by atoms with Crippen molar-refractivity contribution < 1.29 is 4.79 Å². The Morgan fingerprint density at radius 1 is 1.54 bits per heavy atom. The lowest BCUT2D eigenvalue weighted by Gasteiger charge is -2.21. The van der Waals surface area contributed by atoms with Gasteiger partial charge in [0.25, 0.3) is 0 Å². The Morgan fingerprint density at radius 2 is 2.38 bits per heavy atom. The second kappa shape index (κ2) is 2.94. The van der Waals surface area contributed by atoms with Crippen molar-refractivity contribution in [1.82, 2.24) is 5.32 Å². The van der Waals surface area contributed by atoms with Crippen LogP contribution in [0.3, 0.4) is 0 Å². The summed E-state index contributed by atoms with van der Waals surface area (Å²) in [6, 6.07) is 0.188. The van der Waals surface area contributed by atoms with E-state index in [-0.39, 0.29) is 11.9 Å². The normalized spacial score (nSPS) is 24.2. The van der Waals surface area contributed by atoms with Gasteiger partial charge in [0, 0.05) is 5.57 Å². The molecule has 3 nitrogen and oxygen atoms in total. The number of nitrogens with one attached hydrogen (secondary N) is 1. The van der Waals surface area contributed by atoms with Crippen LogP contribution in [-0.4, -0.2) is 11.9 Å². The molecule has 0 saturated carbocycles. The number of allylic oxidation sites excluding steroid dienone is 2. The van der Waals surface area contributed by atoms with Crippen LogP contribution in [0.15, 0.2) is 47.7 Å². The molecular weight excluding hydrogens is 164 g/mol. The minimum Gasteiger partial charge on any atom is -0.381 e. The second-order valence-electron chi connectivity index (χ2n) is 2.99. The van der Waals surface area contributed by atoms with Crippen LogP contribution in [0, 0.1) is 0 Å². The number of rotatable bonds is 1. The number of carbonyl (C=O) groups is 1. The third-order valence-corrected chi connectivity index (χ3v) is 2.09. The molecule has 2 aliphatic rings.